The van der Waals surface area contributed by atoms with Crippen molar-refractivity contribution in [1.82, 2.24) is 9.38 Å². The first kappa shape index (κ1) is 17.3. The van der Waals surface area contributed by atoms with E-state index in [1.54, 1.807) is 0 Å². The minimum Gasteiger partial charge on any atom is -0.444 e. The summed E-state index contributed by atoms with van der Waals surface area (Å²) in [5.74, 6) is 0. The van der Waals surface area contributed by atoms with Crippen LogP contribution in [0.1, 0.15) is 25.8 Å². The van der Waals surface area contributed by atoms with Gasteiger partial charge in [-0.25, -0.2) is 9.78 Å². The van der Waals surface area contributed by atoms with Crippen LogP contribution in [0.2, 0.25) is 5.02 Å². The summed E-state index contributed by atoms with van der Waals surface area (Å²) in [7, 11) is 0. The Labute approximate surface area is 151 Å². The summed E-state index contributed by atoms with van der Waals surface area (Å²) < 4.78 is 7.12. The van der Waals surface area contributed by atoms with Gasteiger partial charge in [-0.2, -0.15) is 0 Å². The average molecular weight is 358 g/mol. The first-order chi connectivity index (χ1) is 11.8. The number of nitrogens with zero attached hydrogens (tertiary/aromatic N) is 2. The van der Waals surface area contributed by atoms with E-state index in [0.717, 1.165) is 23.3 Å². The van der Waals surface area contributed by atoms with Crippen LogP contribution in [0.25, 0.3) is 16.9 Å². The number of primary amides is 1. The fourth-order valence-electron chi connectivity index (χ4n) is 2.78. The van der Waals surface area contributed by atoms with Crippen molar-refractivity contribution in [2.75, 3.05) is 0 Å². The number of fused-ring (bicyclic) bond motifs is 1. The lowest BCUT2D eigenvalue weighted by Gasteiger charge is -2.23. The molecule has 0 saturated heterocycles. The number of aromatic nitrogens is 2. The summed E-state index contributed by atoms with van der Waals surface area (Å²) >= 11 is 6.01. The van der Waals surface area contributed by atoms with Crippen LogP contribution in [0, 0.1) is 0 Å². The molecule has 0 aliphatic rings. The molecule has 0 fully saturated rings. The molecule has 0 radical (unpaired) electrons. The van der Waals surface area contributed by atoms with Crippen molar-refractivity contribution in [3.05, 3.63) is 59.4 Å². The Morgan fingerprint density at radius 3 is 2.68 bits per heavy atom. The molecule has 0 aliphatic heterocycles. The van der Waals surface area contributed by atoms with Gasteiger partial charge in [-0.3, -0.25) is 4.40 Å². The van der Waals surface area contributed by atoms with Crippen LogP contribution in [-0.4, -0.2) is 21.1 Å². The molecule has 0 spiro atoms. The Hall–Kier alpha value is -2.53. The first-order valence-corrected chi connectivity index (χ1v) is 8.42. The van der Waals surface area contributed by atoms with Crippen molar-refractivity contribution in [2.24, 2.45) is 5.73 Å². The van der Waals surface area contributed by atoms with Gasteiger partial charge in [0.2, 0.25) is 0 Å². The summed E-state index contributed by atoms with van der Waals surface area (Å²) in [6, 6.07) is 12.0. The first-order valence-electron chi connectivity index (χ1n) is 8.04. The van der Waals surface area contributed by atoms with Gasteiger partial charge < -0.3 is 10.5 Å². The second kappa shape index (κ2) is 6.76. The molecule has 0 atom stereocenters. The van der Waals surface area contributed by atoms with Gasteiger partial charge in [0.05, 0.1) is 11.9 Å². The average Bonchev–Trinajstić information content (AvgIpc) is 2.95. The largest absolute Gasteiger partial charge is 0.444 e. The van der Waals surface area contributed by atoms with Gasteiger partial charge in [-0.1, -0.05) is 35.9 Å². The Balaban J connectivity index is 1.74. The van der Waals surface area contributed by atoms with Crippen molar-refractivity contribution in [2.45, 2.75) is 32.3 Å². The standard InChI is InChI=1S/C19H20ClN3O2/c1-19(2,25-18(21)24)9-7-13-3-5-14(6-4-13)16-12-22-17-11-15(20)8-10-23(16)17/h3-6,8,10-12H,7,9H2,1-2H3,(H2,21,24). The van der Waals surface area contributed by atoms with Crippen molar-refractivity contribution in [3.63, 3.8) is 0 Å². The molecule has 0 unspecified atom stereocenters. The number of rotatable bonds is 5. The molecule has 0 aliphatic carbocycles. The third-order valence-electron chi connectivity index (χ3n) is 4.12. The minimum absolute atomic E-state index is 0.578. The normalized spacial score (nSPS) is 11.6. The minimum atomic E-state index is -0.743. The highest BCUT2D eigenvalue weighted by atomic mass is 35.5. The van der Waals surface area contributed by atoms with Crippen LogP contribution in [0.3, 0.4) is 0 Å². The van der Waals surface area contributed by atoms with Crippen molar-refractivity contribution < 1.29 is 9.53 Å². The fraction of sp³-hybridized carbons (Fsp3) is 0.263. The second-order valence-corrected chi connectivity index (χ2v) is 7.03. The smallest absolute Gasteiger partial charge is 0.405 e. The zero-order valence-electron chi connectivity index (χ0n) is 14.2. The Bertz CT molecular complexity index is 901. The van der Waals surface area contributed by atoms with E-state index in [0.29, 0.717) is 11.4 Å². The third kappa shape index (κ3) is 4.12. The van der Waals surface area contributed by atoms with Crippen LogP contribution >= 0.6 is 11.6 Å². The van der Waals surface area contributed by atoms with E-state index in [1.165, 1.54) is 5.56 Å². The van der Waals surface area contributed by atoms with E-state index in [4.69, 9.17) is 22.1 Å². The predicted octanol–water partition coefficient (Wildman–Crippen LogP) is 4.46. The number of hydrogen-bond acceptors (Lipinski definition) is 3. The summed E-state index contributed by atoms with van der Waals surface area (Å²) in [6.45, 7) is 3.71. The number of aryl methyl sites for hydroxylation is 1. The van der Waals surface area contributed by atoms with Crippen LogP contribution in [0.15, 0.2) is 48.8 Å². The Morgan fingerprint density at radius 2 is 2.00 bits per heavy atom. The number of hydrogen-bond donors (Lipinski definition) is 1. The van der Waals surface area contributed by atoms with Crippen LogP contribution in [0.5, 0.6) is 0 Å². The van der Waals surface area contributed by atoms with E-state index < -0.39 is 11.7 Å². The van der Waals surface area contributed by atoms with E-state index in [-0.39, 0.29) is 0 Å². The molecule has 5 nitrogen and oxygen atoms in total. The topological polar surface area (TPSA) is 69.6 Å². The molecule has 25 heavy (non-hydrogen) atoms. The summed E-state index contributed by atoms with van der Waals surface area (Å²) in [5.41, 5.74) is 8.59. The van der Waals surface area contributed by atoms with E-state index in [2.05, 4.69) is 29.2 Å². The fourth-order valence-corrected chi connectivity index (χ4v) is 2.93. The van der Waals surface area contributed by atoms with Crippen LogP contribution < -0.4 is 5.73 Å². The molecule has 3 rings (SSSR count). The molecule has 1 amide bonds. The number of carbonyl (C=O) groups is 1. The molecule has 6 heteroatoms. The molecule has 0 bridgehead atoms. The maximum Gasteiger partial charge on any atom is 0.405 e. The van der Waals surface area contributed by atoms with Crippen molar-refractivity contribution >= 4 is 23.3 Å². The van der Waals surface area contributed by atoms with E-state index >= 15 is 0 Å². The number of imidazole rings is 1. The monoisotopic (exact) mass is 357 g/mol. The van der Waals surface area contributed by atoms with Crippen LogP contribution in [-0.2, 0) is 11.2 Å². The summed E-state index contributed by atoms with van der Waals surface area (Å²) in [5, 5.41) is 0.667. The van der Waals surface area contributed by atoms with Gasteiger partial charge in [0, 0.05) is 22.8 Å². The summed E-state index contributed by atoms with van der Waals surface area (Å²) in [6.07, 6.45) is 4.50. The van der Waals surface area contributed by atoms with Gasteiger partial charge in [0.1, 0.15) is 11.2 Å². The van der Waals surface area contributed by atoms with Gasteiger partial charge in [-0.15, -0.1) is 0 Å². The number of halogens is 1. The van der Waals surface area contributed by atoms with Crippen molar-refractivity contribution in [1.29, 1.82) is 0 Å². The predicted molar refractivity (Wildman–Crippen MR) is 98.7 cm³/mol. The SMILES string of the molecule is CC(C)(CCc1ccc(-c2cnc3cc(Cl)ccn23)cc1)OC(N)=O. The highest BCUT2D eigenvalue weighted by Crippen LogP contribution is 2.24. The number of pyridine rings is 1. The van der Waals surface area contributed by atoms with Crippen LogP contribution in [0.4, 0.5) is 4.79 Å². The van der Waals surface area contributed by atoms with Gasteiger partial charge in [0.25, 0.3) is 0 Å². The van der Waals surface area contributed by atoms with Gasteiger partial charge >= 0.3 is 6.09 Å². The Morgan fingerprint density at radius 1 is 1.28 bits per heavy atom. The van der Waals surface area contributed by atoms with Gasteiger partial charge in [-0.05, 0) is 38.3 Å². The third-order valence-corrected chi connectivity index (χ3v) is 4.35. The molecular weight excluding hydrogens is 338 g/mol. The lowest BCUT2D eigenvalue weighted by molar-refractivity contribution is 0.0394. The molecule has 2 aromatic heterocycles. The second-order valence-electron chi connectivity index (χ2n) is 6.59. The quantitative estimate of drug-likeness (QED) is 0.732. The van der Waals surface area contributed by atoms with Gasteiger partial charge in [0.15, 0.2) is 0 Å². The number of nitrogens with two attached hydrogens (primary N) is 1. The highest BCUT2D eigenvalue weighted by Gasteiger charge is 2.21. The molecule has 2 heterocycles. The zero-order chi connectivity index (χ0) is 18.0. The molecule has 3 aromatic rings. The molecule has 0 saturated carbocycles. The number of carbonyl (C=O) groups excluding carboxylic acids is 1. The summed E-state index contributed by atoms with van der Waals surface area (Å²) in [4.78, 5) is 15.3. The maximum atomic E-state index is 10.9. The van der Waals surface area contributed by atoms with Crippen molar-refractivity contribution in [3.8, 4) is 11.3 Å². The Kier molecular flexibility index (Phi) is 4.68. The molecule has 2 N–H and O–H groups in total. The number of benzene rings is 1. The lowest BCUT2D eigenvalue weighted by Crippen LogP contribution is -2.31. The molecule has 1 aromatic carbocycles. The lowest BCUT2D eigenvalue weighted by atomic mass is 9.97. The highest BCUT2D eigenvalue weighted by molar-refractivity contribution is 6.30. The van der Waals surface area contributed by atoms with E-state index in [1.807, 2.05) is 42.8 Å². The zero-order valence-corrected chi connectivity index (χ0v) is 15.0. The van der Waals surface area contributed by atoms with E-state index in [9.17, 15) is 4.79 Å². The number of amides is 1. The maximum absolute atomic E-state index is 10.9. The molecular formula is C19H20ClN3O2. The molecule has 130 valence electrons. The number of ether oxygens (including phenoxy) is 1.